The monoisotopic (exact) mass is 427 g/mol. The van der Waals surface area contributed by atoms with Crippen LogP contribution in [0.15, 0.2) is 71.5 Å². The van der Waals surface area contributed by atoms with Crippen molar-refractivity contribution in [1.82, 2.24) is 9.78 Å². The molecular formula is C23H20F3N3O2. The Bertz CT molecular complexity index is 1120. The smallest absolute Gasteiger partial charge is 0.306 e. The molecule has 1 aliphatic rings. The van der Waals surface area contributed by atoms with E-state index in [1.807, 2.05) is 30.3 Å². The van der Waals surface area contributed by atoms with E-state index in [2.05, 4.69) is 5.10 Å². The van der Waals surface area contributed by atoms with E-state index in [1.54, 1.807) is 30.3 Å². The van der Waals surface area contributed by atoms with E-state index >= 15 is 0 Å². The van der Waals surface area contributed by atoms with Crippen LogP contribution in [-0.2, 0) is 24.1 Å². The maximum Gasteiger partial charge on any atom is 0.421 e. The highest BCUT2D eigenvalue weighted by molar-refractivity contribution is 5.93. The quantitative estimate of drug-likeness (QED) is 0.587. The Hall–Kier alpha value is -3.42. The average Bonchev–Trinajstić information content (AvgIpc) is 3.59. The van der Waals surface area contributed by atoms with Crippen LogP contribution in [0, 0.1) is 0 Å². The summed E-state index contributed by atoms with van der Waals surface area (Å²) in [7, 11) is 0. The number of halogens is 3. The Morgan fingerprint density at radius 2 is 1.65 bits per heavy atom. The minimum atomic E-state index is -4.81. The van der Waals surface area contributed by atoms with Crippen molar-refractivity contribution in [1.29, 1.82) is 0 Å². The number of anilines is 1. The van der Waals surface area contributed by atoms with Crippen LogP contribution in [0.4, 0.5) is 18.9 Å². The van der Waals surface area contributed by atoms with Crippen molar-refractivity contribution in [2.24, 2.45) is 0 Å². The van der Waals surface area contributed by atoms with Crippen molar-refractivity contribution in [3.8, 4) is 0 Å². The van der Waals surface area contributed by atoms with Crippen molar-refractivity contribution >= 4 is 11.6 Å². The summed E-state index contributed by atoms with van der Waals surface area (Å²) in [6.07, 6.45) is -3.36. The number of nitrogens with zero attached hydrogens (tertiary/aromatic N) is 3. The second-order valence-electron chi connectivity index (χ2n) is 7.52. The number of carbonyl (C=O) groups excluding carboxylic acids is 1. The molecule has 0 unspecified atom stereocenters. The van der Waals surface area contributed by atoms with Gasteiger partial charge in [-0.05, 0) is 36.6 Å². The summed E-state index contributed by atoms with van der Waals surface area (Å²) in [6.45, 7) is -0.364. The van der Waals surface area contributed by atoms with Crippen LogP contribution >= 0.6 is 0 Å². The minimum Gasteiger partial charge on any atom is -0.306 e. The summed E-state index contributed by atoms with van der Waals surface area (Å²) in [5.74, 6) is -0.622. The van der Waals surface area contributed by atoms with Crippen LogP contribution in [0.3, 0.4) is 0 Å². The molecule has 2 aromatic carbocycles. The molecule has 5 nitrogen and oxygen atoms in total. The van der Waals surface area contributed by atoms with E-state index < -0.39 is 29.8 Å². The van der Waals surface area contributed by atoms with Gasteiger partial charge in [0.15, 0.2) is 0 Å². The molecule has 0 spiro atoms. The van der Waals surface area contributed by atoms with Crippen molar-refractivity contribution in [2.45, 2.75) is 38.0 Å². The number of carbonyl (C=O) groups is 1. The molecule has 4 rings (SSSR count). The molecule has 1 aliphatic carbocycles. The van der Waals surface area contributed by atoms with Gasteiger partial charge in [-0.3, -0.25) is 9.59 Å². The van der Waals surface area contributed by atoms with Crippen LogP contribution in [0.5, 0.6) is 0 Å². The van der Waals surface area contributed by atoms with E-state index in [1.165, 1.54) is 4.90 Å². The lowest BCUT2D eigenvalue weighted by molar-refractivity contribution is -0.139. The van der Waals surface area contributed by atoms with Crippen LogP contribution in [0.25, 0.3) is 0 Å². The Morgan fingerprint density at radius 3 is 2.23 bits per heavy atom. The highest BCUT2D eigenvalue weighted by atomic mass is 19.4. The highest BCUT2D eigenvalue weighted by Crippen LogP contribution is 2.40. The standard InChI is InChI=1S/C23H20F3N3O2/c24-23(25,26)19-13-20(17-11-12-17)27-29(22(19)31)15-21(30)28(18-9-5-2-6-10-18)14-16-7-3-1-4-8-16/h1-10,13,17H,11-12,14-15H2. The molecule has 1 heterocycles. The summed E-state index contributed by atoms with van der Waals surface area (Å²) in [5, 5.41) is 4.09. The molecule has 1 amide bonds. The van der Waals surface area contributed by atoms with Gasteiger partial charge in [0.1, 0.15) is 12.1 Å². The van der Waals surface area contributed by atoms with E-state index in [4.69, 9.17) is 0 Å². The van der Waals surface area contributed by atoms with E-state index in [0.29, 0.717) is 10.4 Å². The number of amides is 1. The SMILES string of the molecule is O=C(Cn1nc(C2CC2)cc(C(F)(F)F)c1=O)N(Cc1ccccc1)c1ccccc1. The van der Waals surface area contributed by atoms with E-state index in [0.717, 1.165) is 24.5 Å². The molecular weight excluding hydrogens is 407 g/mol. The molecule has 0 saturated heterocycles. The highest BCUT2D eigenvalue weighted by Gasteiger charge is 2.38. The summed E-state index contributed by atoms with van der Waals surface area (Å²) in [6, 6.07) is 18.8. The lowest BCUT2D eigenvalue weighted by Gasteiger charge is -2.23. The largest absolute Gasteiger partial charge is 0.421 e. The van der Waals surface area contributed by atoms with Gasteiger partial charge in [0.05, 0.1) is 12.2 Å². The van der Waals surface area contributed by atoms with Gasteiger partial charge in [0.25, 0.3) is 5.56 Å². The molecule has 8 heteroatoms. The Labute approximate surface area is 176 Å². The molecule has 0 radical (unpaired) electrons. The third-order valence-corrected chi connectivity index (χ3v) is 5.13. The first-order chi connectivity index (χ1) is 14.8. The lowest BCUT2D eigenvalue weighted by Crippen LogP contribution is -2.39. The molecule has 31 heavy (non-hydrogen) atoms. The predicted octanol–water partition coefficient (Wildman–Crippen LogP) is 4.37. The third kappa shape index (κ3) is 4.84. The maximum absolute atomic E-state index is 13.4. The maximum atomic E-state index is 13.4. The zero-order valence-electron chi connectivity index (χ0n) is 16.5. The Morgan fingerprint density at radius 1 is 1.03 bits per heavy atom. The van der Waals surface area contributed by atoms with E-state index in [-0.39, 0.29) is 18.2 Å². The molecule has 1 saturated carbocycles. The Balaban J connectivity index is 1.68. The molecule has 3 aromatic rings. The zero-order chi connectivity index (χ0) is 22.0. The number of para-hydroxylation sites is 1. The van der Waals surface area contributed by atoms with Crippen molar-refractivity contribution in [3.63, 3.8) is 0 Å². The molecule has 0 bridgehead atoms. The molecule has 0 atom stereocenters. The number of hydrogen-bond acceptors (Lipinski definition) is 3. The Kier molecular flexibility index (Phi) is 5.63. The second-order valence-corrected chi connectivity index (χ2v) is 7.52. The van der Waals surface area contributed by atoms with Crippen LogP contribution in [-0.4, -0.2) is 15.7 Å². The fourth-order valence-corrected chi connectivity index (χ4v) is 3.36. The summed E-state index contributed by atoms with van der Waals surface area (Å²) < 4.78 is 40.9. The van der Waals surface area contributed by atoms with Gasteiger partial charge in [0.2, 0.25) is 5.91 Å². The second kappa shape index (κ2) is 8.37. The zero-order valence-corrected chi connectivity index (χ0v) is 16.5. The van der Waals surface area contributed by atoms with Crippen LogP contribution in [0.2, 0.25) is 0 Å². The fraction of sp³-hybridized carbons (Fsp3) is 0.261. The number of alkyl halides is 3. The van der Waals surface area contributed by atoms with Gasteiger partial charge >= 0.3 is 6.18 Å². The molecule has 1 aromatic heterocycles. The molecule has 160 valence electrons. The first-order valence-electron chi connectivity index (χ1n) is 9.91. The molecule has 0 N–H and O–H groups in total. The van der Waals surface area contributed by atoms with Crippen LogP contribution in [0.1, 0.15) is 35.6 Å². The van der Waals surface area contributed by atoms with E-state index in [9.17, 15) is 22.8 Å². The first kappa shape index (κ1) is 20.8. The fourth-order valence-electron chi connectivity index (χ4n) is 3.36. The topological polar surface area (TPSA) is 55.2 Å². The number of benzene rings is 2. The van der Waals surface area contributed by atoms with Crippen molar-refractivity contribution in [3.05, 3.63) is 93.9 Å². The van der Waals surface area contributed by atoms with Crippen LogP contribution < -0.4 is 10.5 Å². The van der Waals surface area contributed by atoms with Gasteiger partial charge in [-0.2, -0.15) is 18.3 Å². The third-order valence-electron chi connectivity index (χ3n) is 5.13. The van der Waals surface area contributed by atoms with Crippen molar-refractivity contribution in [2.75, 3.05) is 4.90 Å². The summed E-state index contributed by atoms with van der Waals surface area (Å²) >= 11 is 0. The van der Waals surface area contributed by atoms with Gasteiger partial charge in [-0.25, -0.2) is 4.68 Å². The lowest BCUT2D eigenvalue weighted by atomic mass is 10.2. The minimum absolute atomic E-state index is 0.0994. The normalized spacial score (nSPS) is 13.8. The molecule has 1 fully saturated rings. The first-order valence-corrected chi connectivity index (χ1v) is 9.91. The van der Waals surface area contributed by atoms with Crippen molar-refractivity contribution < 1.29 is 18.0 Å². The average molecular weight is 427 g/mol. The summed E-state index contributed by atoms with van der Waals surface area (Å²) in [4.78, 5) is 27.1. The number of rotatable bonds is 6. The molecule has 0 aliphatic heterocycles. The van der Waals surface area contributed by atoms with Gasteiger partial charge in [0, 0.05) is 11.6 Å². The van der Waals surface area contributed by atoms with Gasteiger partial charge < -0.3 is 4.90 Å². The van der Waals surface area contributed by atoms with Gasteiger partial charge in [-0.15, -0.1) is 0 Å². The number of aromatic nitrogens is 2. The predicted molar refractivity (Wildman–Crippen MR) is 110 cm³/mol. The summed E-state index contributed by atoms with van der Waals surface area (Å²) in [5.41, 5.74) is -0.958. The number of hydrogen-bond donors (Lipinski definition) is 0. The van der Waals surface area contributed by atoms with Gasteiger partial charge in [-0.1, -0.05) is 48.5 Å².